The number of esters is 1. The van der Waals surface area contributed by atoms with Crippen LogP contribution in [0.2, 0.25) is 0 Å². The molecule has 7 nitrogen and oxygen atoms in total. The third-order valence-electron chi connectivity index (χ3n) is 6.75. The number of methoxy groups -OCH3 is 1. The fraction of sp³-hybridized carbons (Fsp3) is 0.704. The molecule has 2 saturated heterocycles. The van der Waals surface area contributed by atoms with E-state index in [1.165, 1.54) is 18.6 Å². The van der Waals surface area contributed by atoms with Crippen LogP contribution in [0.1, 0.15) is 67.2 Å². The topological polar surface area (TPSA) is 83.1 Å². The summed E-state index contributed by atoms with van der Waals surface area (Å²) in [5.74, 6) is -0.272. The van der Waals surface area contributed by atoms with Crippen molar-refractivity contribution in [2.45, 2.75) is 103 Å². The monoisotopic (exact) mass is 477 g/mol. The van der Waals surface area contributed by atoms with Gasteiger partial charge in [-0.25, -0.2) is 0 Å². The average molecular weight is 478 g/mol. The number of ether oxygens (including phenoxy) is 4. The molecule has 0 bridgehead atoms. The molecule has 34 heavy (non-hydrogen) atoms. The molecule has 0 radical (unpaired) electrons. The molecule has 0 aromatic heterocycles. The highest BCUT2D eigenvalue weighted by Gasteiger charge is 2.34. The minimum Gasteiger partial charge on any atom is -0.459 e. The maximum Gasteiger partial charge on any atom is 0.303 e. The second-order valence-electron chi connectivity index (χ2n) is 9.94. The SMILES string of the molecule is CO[C@@]1(C)CCO[C@H](/C=C/C(C)=C/C[C@@H]2O[C@H](C)[C@H](NC(=O)/C=C\[C@H](C)OC(C)=O)C[C@@H]2C)C1. The van der Waals surface area contributed by atoms with Gasteiger partial charge in [-0.1, -0.05) is 30.7 Å². The Bertz CT molecular complexity index is 775. The van der Waals surface area contributed by atoms with Gasteiger partial charge in [-0.2, -0.15) is 0 Å². The van der Waals surface area contributed by atoms with Crippen LogP contribution >= 0.6 is 0 Å². The van der Waals surface area contributed by atoms with Crippen molar-refractivity contribution in [3.8, 4) is 0 Å². The highest BCUT2D eigenvalue weighted by atomic mass is 16.5. The lowest BCUT2D eigenvalue weighted by Crippen LogP contribution is -2.50. The highest BCUT2D eigenvalue weighted by molar-refractivity contribution is 5.87. The van der Waals surface area contributed by atoms with Gasteiger partial charge in [-0.3, -0.25) is 9.59 Å². The van der Waals surface area contributed by atoms with E-state index in [0.717, 1.165) is 25.7 Å². The van der Waals surface area contributed by atoms with Gasteiger partial charge < -0.3 is 24.3 Å². The third kappa shape index (κ3) is 9.35. The zero-order valence-electron chi connectivity index (χ0n) is 21.8. The second kappa shape index (κ2) is 13.2. The summed E-state index contributed by atoms with van der Waals surface area (Å²) < 4.78 is 22.8. The predicted octanol–water partition coefficient (Wildman–Crippen LogP) is 4.27. The number of hydrogen-bond acceptors (Lipinski definition) is 6. The molecule has 2 aliphatic heterocycles. The first-order valence-electron chi connectivity index (χ1n) is 12.3. The summed E-state index contributed by atoms with van der Waals surface area (Å²) in [6.07, 6.45) is 12.5. The summed E-state index contributed by atoms with van der Waals surface area (Å²) in [7, 11) is 1.77. The molecule has 7 heteroatoms. The van der Waals surface area contributed by atoms with E-state index in [1.807, 2.05) is 6.92 Å². The van der Waals surface area contributed by atoms with Crippen molar-refractivity contribution in [2.24, 2.45) is 5.92 Å². The van der Waals surface area contributed by atoms with Crippen LogP contribution in [-0.2, 0) is 28.5 Å². The van der Waals surface area contributed by atoms with Crippen LogP contribution in [0.15, 0.2) is 36.0 Å². The van der Waals surface area contributed by atoms with Gasteiger partial charge in [0, 0.05) is 26.5 Å². The molecule has 0 saturated carbocycles. The van der Waals surface area contributed by atoms with Crippen molar-refractivity contribution < 1.29 is 28.5 Å². The van der Waals surface area contributed by atoms with Gasteiger partial charge in [0.15, 0.2) is 0 Å². The Balaban J connectivity index is 1.82. The van der Waals surface area contributed by atoms with Crippen LogP contribution in [0.4, 0.5) is 0 Å². The van der Waals surface area contributed by atoms with Crippen LogP contribution < -0.4 is 5.32 Å². The lowest BCUT2D eigenvalue weighted by molar-refractivity contribution is -0.143. The molecule has 192 valence electrons. The number of carbonyl (C=O) groups excluding carboxylic acids is 2. The first kappa shape index (κ1) is 28.3. The molecular formula is C27H43NO6. The van der Waals surface area contributed by atoms with E-state index in [9.17, 15) is 9.59 Å². The minimum absolute atomic E-state index is 0.0593. The molecule has 2 rings (SSSR count). The molecule has 0 aromatic carbocycles. The van der Waals surface area contributed by atoms with Crippen LogP contribution in [0.5, 0.6) is 0 Å². The predicted molar refractivity (Wildman–Crippen MR) is 132 cm³/mol. The molecule has 0 spiro atoms. The van der Waals surface area contributed by atoms with Crippen LogP contribution in [0.25, 0.3) is 0 Å². The minimum atomic E-state index is -0.440. The first-order valence-corrected chi connectivity index (χ1v) is 12.3. The molecule has 0 aliphatic carbocycles. The fourth-order valence-corrected chi connectivity index (χ4v) is 4.42. The molecule has 2 fully saturated rings. The summed E-state index contributed by atoms with van der Waals surface area (Å²) in [4.78, 5) is 23.3. The van der Waals surface area contributed by atoms with Crippen LogP contribution in [0.3, 0.4) is 0 Å². The number of hydrogen-bond donors (Lipinski definition) is 1. The van der Waals surface area contributed by atoms with Gasteiger partial charge >= 0.3 is 5.97 Å². The zero-order chi connectivity index (χ0) is 25.3. The molecular weight excluding hydrogens is 434 g/mol. The average Bonchev–Trinajstić information content (AvgIpc) is 2.77. The van der Waals surface area contributed by atoms with E-state index in [2.05, 4.69) is 44.3 Å². The van der Waals surface area contributed by atoms with Crippen molar-refractivity contribution in [3.05, 3.63) is 36.0 Å². The van der Waals surface area contributed by atoms with Gasteiger partial charge in [0.2, 0.25) is 5.91 Å². The molecule has 1 N–H and O–H groups in total. The lowest BCUT2D eigenvalue weighted by atomic mass is 9.88. The van der Waals surface area contributed by atoms with Crippen LogP contribution in [0, 0.1) is 5.92 Å². The van der Waals surface area contributed by atoms with Gasteiger partial charge in [0.25, 0.3) is 0 Å². The Morgan fingerprint density at radius 1 is 1.24 bits per heavy atom. The van der Waals surface area contributed by atoms with E-state index in [1.54, 1.807) is 20.1 Å². The van der Waals surface area contributed by atoms with E-state index >= 15 is 0 Å². The fourth-order valence-electron chi connectivity index (χ4n) is 4.42. The Hall–Kier alpha value is -1.96. The normalized spacial score (nSPS) is 33.7. The highest BCUT2D eigenvalue weighted by Crippen LogP contribution is 2.29. The number of rotatable bonds is 9. The summed E-state index contributed by atoms with van der Waals surface area (Å²) in [5.41, 5.74) is 1.06. The summed E-state index contributed by atoms with van der Waals surface area (Å²) in [6, 6.07) is -0.0593. The van der Waals surface area contributed by atoms with Crippen molar-refractivity contribution >= 4 is 11.9 Å². The number of allylic oxidation sites excluding steroid dienone is 2. The summed E-state index contributed by atoms with van der Waals surface area (Å²) in [6.45, 7) is 12.2. The van der Waals surface area contributed by atoms with Crippen molar-refractivity contribution in [2.75, 3.05) is 13.7 Å². The van der Waals surface area contributed by atoms with Gasteiger partial charge in [-0.05, 0) is 59.0 Å². The van der Waals surface area contributed by atoms with Gasteiger partial charge in [0.1, 0.15) is 6.10 Å². The number of carbonyl (C=O) groups is 2. The smallest absolute Gasteiger partial charge is 0.303 e. The molecule has 0 aromatic rings. The van der Waals surface area contributed by atoms with E-state index < -0.39 is 6.10 Å². The van der Waals surface area contributed by atoms with Gasteiger partial charge in [0.05, 0.1) is 36.6 Å². The Labute approximate surface area is 204 Å². The second-order valence-corrected chi connectivity index (χ2v) is 9.94. The van der Waals surface area contributed by atoms with Crippen molar-refractivity contribution in [1.29, 1.82) is 0 Å². The van der Waals surface area contributed by atoms with E-state index in [4.69, 9.17) is 18.9 Å². The number of amides is 1. The maximum absolute atomic E-state index is 12.3. The molecule has 2 heterocycles. The standard InChI is InChI=1S/C27H43NO6/c1-18(8-11-23-17-27(6,31-7)14-15-32-23)9-12-25-19(2)16-24(21(4)34-25)28-26(30)13-10-20(3)33-22(5)29/h8-11,13,19-21,23-25H,12,14-17H2,1-7H3,(H,28,30)/b11-8+,13-10-,18-9+/t19-,20-,21+,23+,24+,25-,27-/m0/s1. The largest absolute Gasteiger partial charge is 0.459 e. The molecule has 7 atom stereocenters. The molecule has 0 unspecified atom stereocenters. The maximum atomic E-state index is 12.3. The quantitative estimate of drug-likeness (QED) is 0.303. The van der Waals surface area contributed by atoms with Crippen LogP contribution in [-0.4, -0.2) is 61.7 Å². The van der Waals surface area contributed by atoms with E-state index in [-0.39, 0.29) is 41.8 Å². The van der Waals surface area contributed by atoms with Crippen molar-refractivity contribution in [1.82, 2.24) is 5.32 Å². The molecule has 1 amide bonds. The van der Waals surface area contributed by atoms with Crippen molar-refractivity contribution in [3.63, 3.8) is 0 Å². The summed E-state index contributed by atoms with van der Waals surface area (Å²) >= 11 is 0. The zero-order valence-corrected chi connectivity index (χ0v) is 21.8. The third-order valence-corrected chi connectivity index (χ3v) is 6.75. The Kier molecular flexibility index (Phi) is 11.0. The number of nitrogens with one attached hydrogen (secondary N) is 1. The summed E-state index contributed by atoms with van der Waals surface area (Å²) in [5, 5.41) is 3.02. The Morgan fingerprint density at radius 3 is 2.65 bits per heavy atom. The molecule has 2 aliphatic rings. The first-order chi connectivity index (χ1) is 16.0. The Morgan fingerprint density at radius 2 is 1.97 bits per heavy atom. The lowest BCUT2D eigenvalue weighted by Gasteiger charge is -2.39. The van der Waals surface area contributed by atoms with Gasteiger partial charge in [-0.15, -0.1) is 0 Å². The van der Waals surface area contributed by atoms with E-state index in [0.29, 0.717) is 12.5 Å².